The van der Waals surface area contributed by atoms with Crippen LogP contribution >= 0.6 is 11.6 Å². The molecule has 3 rings (SSSR count). The van der Waals surface area contributed by atoms with Crippen LogP contribution in [0.4, 0.5) is 14.6 Å². The van der Waals surface area contributed by atoms with Crippen LogP contribution in [0.3, 0.4) is 0 Å². The molecule has 1 heterocycles. The number of hydrogen-bond acceptors (Lipinski definition) is 6. The number of nitrogens with one attached hydrogen (secondary N) is 1. The predicted molar refractivity (Wildman–Crippen MR) is 98.6 cm³/mol. The molecule has 0 aliphatic rings. The van der Waals surface area contributed by atoms with Crippen molar-refractivity contribution in [2.75, 3.05) is 12.4 Å². The summed E-state index contributed by atoms with van der Waals surface area (Å²) in [7, 11) is 1.23. The first kappa shape index (κ1) is 19.5. The van der Waals surface area contributed by atoms with Gasteiger partial charge in [-0.05, 0) is 36.4 Å². The van der Waals surface area contributed by atoms with Gasteiger partial charge in [-0.2, -0.15) is 0 Å². The Bertz CT molecular complexity index is 1020. The second-order valence-corrected chi connectivity index (χ2v) is 5.95. The number of nitrogens with zero attached hydrogens (tertiary/aromatic N) is 2. The maximum atomic E-state index is 13.7. The van der Waals surface area contributed by atoms with Gasteiger partial charge < -0.3 is 14.8 Å². The Balaban J connectivity index is 1.79. The van der Waals surface area contributed by atoms with Gasteiger partial charge in [-0.15, -0.1) is 0 Å². The Morgan fingerprint density at radius 2 is 2.00 bits per heavy atom. The van der Waals surface area contributed by atoms with Crippen molar-refractivity contribution in [3.63, 3.8) is 0 Å². The summed E-state index contributed by atoms with van der Waals surface area (Å²) in [5.74, 6) is -0.821. The molecule has 9 heteroatoms. The molecular weight excluding hydrogens is 392 g/mol. The normalized spacial score (nSPS) is 10.4. The lowest BCUT2D eigenvalue weighted by Gasteiger charge is -2.13. The minimum Gasteiger partial charge on any atom is -0.463 e. The van der Waals surface area contributed by atoms with Crippen LogP contribution in [0.15, 0.2) is 48.7 Å². The zero-order chi connectivity index (χ0) is 20.1. The van der Waals surface area contributed by atoms with Crippen LogP contribution in [0.5, 0.6) is 11.5 Å². The fourth-order valence-corrected chi connectivity index (χ4v) is 2.46. The van der Waals surface area contributed by atoms with Crippen molar-refractivity contribution in [2.24, 2.45) is 0 Å². The van der Waals surface area contributed by atoms with E-state index in [9.17, 15) is 13.6 Å². The number of carbonyl (C=O) groups is 1. The summed E-state index contributed by atoms with van der Waals surface area (Å²) in [4.78, 5) is 19.4. The van der Waals surface area contributed by atoms with E-state index in [0.29, 0.717) is 22.9 Å². The summed E-state index contributed by atoms with van der Waals surface area (Å²) in [6.45, 7) is 0.139. The number of halogens is 3. The van der Waals surface area contributed by atoms with Crippen molar-refractivity contribution in [1.82, 2.24) is 9.97 Å². The number of esters is 1. The summed E-state index contributed by atoms with van der Waals surface area (Å²) in [6, 6.07) is 9.43. The minimum atomic E-state index is -0.674. The van der Waals surface area contributed by atoms with Crippen LogP contribution in [0.1, 0.15) is 16.2 Å². The van der Waals surface area contributed by atoms with Crippen LogP contribution in [-0.4, -0.2) is 23.0 Å². The van der Waals surface area contributed by atoms with E-state index in [2.05, 4.69) is 20.0 Å². The zero-order valence-electron chi connectivity index (χ0n) is 14.6. The first-order valence-corrected chi connectivity index (χ1v) is 8.40. The highest BCUT2D eigenvalue weighted by Gasteiger charge is 2.12. The number of anilines is 1. The largest absolute Gasteiger partial charge is 0.463 e. The lowest BCUT2D eigenvalue weighted by Crippen LogP contribution is -2.10. The molecule has 1 aromatic heterocycles. The van der Waals surface area contributed by atoms with Crippen LogP contribution in [-0.2, 0) is 11.3 Å². The highest BCUT2D eigenvalue weighted by Crippen LogP contribution is 2.29. The highest BCUT2D eigenvalue weighted by molar-refractivity contribution is 6.30. The molecule has 0 spiro atoms. The second kappa shape index (κ2) is 8.62. The molecule has 0 radical (unpaired) electrons. The molecule has 0 saturated carbocycles. The Kier molecular flexibility index (Phi) is 6.00. The fourth-order valence-electron chi connectivity index (χ4n) is 2.29. The van der Waals surface area contributed by atoms with Gasteiger partial charge in [0.25, 0.3) is 0 Å². The SMILES string of the molecule is COC(=O)c1nccc(NCc2cc(F)ccc2Oc2ccc(F)c(Cl)c2)n1. The van der Waals surface area contributed by atoms with Gasteiger partial charge in [0.05, 0.1) is 12.1 Å². The zero-order valence-corrected chi connectivity index (χ0v) is 15.3. The molecule has 0 aliphatic carbocycles. The molecule has 0 fully saturated rings. The molecule has 0 saturated heterocycles. The molecule has 0 aliphatic heterocycles. The van der Waals surface area contributed by atoms with Crippen LogP contribution in [0.25, 0.3) is 0 Å². The third-order valence-corrected chi connectivity index (χ3v) is 3.91. The van der Waals surface area contributed by atoms with Crippen LogP contribution in [0, 0.1) is 11.6 Å². The number of hydrogen-bond donors (Lipinski definition) is 1. The third kappa shape index (κ3) is 4.72. The quantitative estimate of drug-likeness (QED) is 0.604. The molecule has 0 bridgehead atoms. The average Bonchev–Trinajstić information content (AvgIpc) is 2.70. The standard InChI is InChI=1S/C19H14ClF2N3O3/c1-27-19(26)18-23-7-6-17(25-18)24-10-11-8-12(21)2-5-16(11)28-13-3-4-15(22)14(20)9-13/h2-9H,10H2,1H3,(H,23,24,25). The molecule has 6 nitrogen and oxygen atoms in total. The second-order valence-electron chi connectivity index (χ2n) is 5.54. The highest BCUT2D eigenvalue weighted by atomic mass is 35.5. The number of methoxy groups -OCH3 is 1. The molecule has 144 valence electrons. The molecule has 0 atom stereocenters. The van der Waals surface area contributed by atoms with Gasteiger partial charge in [-0.1, -0.05) is 11.6 Å². The molecule has 0 amide bonds. The fraction of sp³-hybridized carbons (Fsp3) is 0.105. The van der Waals surface area contributed by atoms with Gasteiger partial charge in [0.2, 0.25) is 5.82 Å². The predicted octanol–water partition coefficient (Wildman–Crippen LogP) is 4.60. The van der Waals surface area contributed by atoms with Gasteiger partial charge in [-0.3, -0.25) is 0 Å². The number of aromatic nitrogens is 2. The van der Waals surface area contributed by atoms with E-state index in [1.807, 2.05) is 0 Å². The molecular formula is C19H14ClF2N3O3. The van der Waals surface area contributed by atoms with Gasteiger partial charge in [0, 0.05) is 24.4 Å². The summed E-state index contributed by atoms with van der Waals surface area (Å²) in [5.41, 5.74) is 0.471. The number of rotatable bonds is 6. The van der Waals surface area contributed by atoms with E-state index in [1.54, 1.807) is 6.07 Å². The number of ether oxygens (including phenoxy) is 2. The smallest absolute Gasteiger partial charge is 0.376 e. The Labute approximate surface area is 164 Å². The minimum absolute atomic E-state index is 0.0874. The van der Waals surface area contributed by atoms with Gasteiger partial charge in [0.15, 0.2) is 0 Å². The van der Waals surface area contributed by atoms with Crippen molar-refractivity contribution in [1.29, 1.82) is 0 Å². The van der Waals surface area contributed by atoms with Crippen LogP contribution < -0.4 is 10.1 Å². The monoisotopic (exact) mass is 405 g/mol. The number of benzene rings is 2. The Hall–Kier alpha value is -3.26. The van der Waals surface area contributed by atoms with E-state index in [1.165, 1.54) is 49.7 Å². The van der Waals surface area contributed by atoms with E-state index in [0.717, 1.165) is 0 Å². The maximum absolute atomic E-state index is 13.7. The van der Waals surface area contributed by atoms with Gasteiger partial charge >= 0.3 is 5.97 Å². The molecule has 3 aromatic rings. The van der Waals surface area contributed by atoms with E-state index < -0.39 is 17.6 Å². The van der Waals surface area contributed by atoms with E-state index in [-0.39, 0.29) is 17.4 Å². The summed E-state index contributed by atoms with van der Waals surface area (Å²) >= 11 is 5.76. The van der Waals surface area contributed by atoms with Gasteiger partial charge in [0.1, 0.15) is 29.0 Å². The maximum Gasteiger partial charge on any atom is 0.376 e. The van der Waals surface area contributed by atoms with Crippen molar-refractivity contribution < 1.29 is 23.0 Å². The molecule has 0 unspecified atom stereocenters. The summed E-state index contributed by atoms with van der Waals surface area (Å²) in [6.07, 6.45) is 1.39. The third-order valence-electron chi connectivity index (χ3n) is 3.62. The van der Waals surface area contributed by atoms with Crippen molar-refractivity contribution >= 4 is 23.4 Å². The summed E-state index contributed by atoms with van der Waals surface area (Å²) < 4.78 is 37.3. The van der Waals surface area contributed by atoms with E-state index in [4.69, 9.17) is 16.3 Å². The Morgan fingerprint density at radius 3 is 2.75 bits per heavy atom. The van der Waals surface area contributed by atoms with Crippen molar-refractivity contribution in [3.8, 4) is 11.5 Å². The lowest BCUT2D eigenvalue weighted by atomic mass is 10.2. The van der Waals surface area contributed by atoms with Crippen LogP contribution in [0.2, 0.25) is 5.02 Å². The van der Waals surface area contributed by atoms with Crippen molar-refractivity contribution in [3.05, 3.63) is 76.7 Å². The Morgan fingerprint density at radius 1 is 1.18 bits per heavy atom. The first-order valence-electron chi connectivity index (χ1n) is 8.03. The molecule has 1 N–H and O–H groups in total. The summed E-state index contributed by atoms with van der Waals surface area (Å²) in [5, 5.41) is 2.88. The topological polar surface area (TPSA) is 73.3 Å². The van der Waals surface area contributed by atoms with Crippen molar-refractivity contribution in [2.45, 2.75) is 6.54 Å². The van der Waals surface area contributed by atoms with Gasteiger partial charge in [-0.25, -0.2) is 23.5 Å². The van der Waals surface area contributed by atoms with E-state index >= 15 is 0 Å². The lowest BCUT2D eigenvalue weighted by molar-refractivity contribution is 0.0587. The number of carbonyl (C=O) groups excluding carboxylic acids is 1. The first-order chi connectivity index (χ1) is 13.5. The average molecular weight is 406 g/mol. The molecule has 28 heavy (non-hydrogen) atoms. The molecule has 2 aromatic carbocycles.